The Labute approximate surface area is 254 Å². The molecule has 0 aromatic carbocycles. The van der Waals surface area contributed by atoms with Gasteiger partial charge in [0.05, 0.1) is 16.1 Å². The summed E-state index contributed by atoms with van der Waals surface area (Å²) in [6.45, 7) is 2.30. The largest absolute Gasteiger partial charge is 0.275 e. The van der Waals surface area contributed by atoms with Crippen LogP contribution >= 0.6 is 16.1 Å². The highest BCUT2D eigenvalue weighted by Gasteiger charge is 2.06. The lowest BCUT2D eigenvalue weighted by Crippen LogP contribution is -2.15. The van der Waals surface area contributed by atoms with Gasteiger partial charge in [0.15, 0.2) is 0 Å². The van der Waals surface area contributed by atoms with Gasteiger partial charge in [0.1, 0.15) is 0 Å². The van der Waals surface area contributed by atoms with Gasteiger partial charge < -0.3 is 0 Å². The van der Waals surface area contributed by atoms with Crippen molar-refractivity contribution in [1.82, 2.24) is 4.09 Å². The molecule has 1 amide bonds. The number of carbonyl (C=O) groups excluding carboxylic acids is 1. The predicted molar refractivity (Wildman–Crippen MR) is 176 cm³/mol. The summed E-state index contributed by atoms with van der Waals surface area (Å²) in [6, 6.07) is 0. The lowest BCUT2D eigenvalue weighted by Gasteiger charge is -2.05. The molecule has 0 unspecified atom stereocenters. The average molecular weight is 617 g/mol. The number of rotatable bonds is 33. The summed E-state index contributed by atoms with van der Waals surface area (Å²) in [5, 5.41) is 8.94. The molecule has 0 fully saturated rings. The van der Waals surface area contributed by atoms with Gasteiger partial charge in [-0.15, -0.1) is 0 Å². The highest BCUT2D eigenvalue weighted by atomic mass is 79.9. The Kier molecular flexibility index (Phi) is 34.0. The SMILES string of the molecule is CCCCCCCCCCCCCCCCCCCCCCCCCCCCCCCCCCC(=O)N(O)Br. The van der Waals surface area contributed by atoms with Gasteiger partial charge in [-0.05, 0) is 6.42 Å². The standard InChI is InChI=1S/C35H70BrNO2/c1-2-3-4-5-6-7-8-9-10-11-12-13-14-15-16-17-18-19-20-21-22-23-24-25-26-27-28-29-30-31-32-33-34-35(38)37(36)39/h39H,2-34H2,1H3. The van der Waals surface area contributed by atoms with Gasteiger partial charge in [-0.3, -0.25) is 10.0 Å². The quantitative estimate of drug-likeness (QED) is 0.0345. The van der Waals surface area contributed by atoms with Crippen LogP contribution in [0.15, 0.2) is 0 Å². The molecule has 1 N–H and O–H groups in total. The van der Waals surface area contributed by atoms with Crippen LogP contribution in [-0.4, -0.2) is 15.2 Å². The van der Waals surface area contributed by atoms with E-state index in [1.807, 2.05) is 0 Å². The molecule has 0 aliphatic rings. The monoisotopic (exact) mass is 615 g/mol. The Morgan fingerprint density at radius 1 is 0.410 bits per heavy atom. The Balaban J connectivity index is 3.05. The molecule has 0 aromatic heterocycles. The maximum Gasteiger partial charge on any atom is 0.256 e. The van der Waals surface area contributed by atoms with E-state index in [0.29, 0.717) is 10.5 Å². The lowest BCUT2D eigenvalue weighted by molar-refractivity contribution is -0.143. The molecule has 234 valence electrons. The van der Waals surface area contributed by atoms with E-state index in [1.54, 1.807) is 0 Å². The van der Waals surface area contributed by atoms with Gasteiger partial charge in [0, 0.05) is 6.42 Å². The van der Waals surface area contributed by atoms with Crippen LogP contribution in [0.3, 0.4) is 0 Å². The highest BCUT2D eigenvalue weighted by Crippen LogP contribution is 2.17. The van der Waals surface area contributed by atoms with E-state index < -0.39 is 0 Å². The smallest absolute Gasteiger partial charge is 0.256 e. The Bertz CT molecular complexity index is 472. The first-order chi connectivity index (χ1) is 19.2. The van der Waals surface area contributed by atoms with Crippen molar-refractivity contribution in [1.29, 1.82) is 0 Å². The van der Waals surface area contributed by atoms with E-state index in [-0.39, 0.29) is 5.91 Å². The van der Waals surface area contributed by atoms with Crippen molar-refractivity contribution in [3.63, 3.8) is 0 Å². The summed E-state index contributed by atoms with van der Waals surface area (Å²) >= 11 is 2.75. The minimum atomic E-state index is -0.249. The summed E-state index contributed by atoms with van der Waals surface area (Å²) in [7, 11) is 0. The van der Waals surface area contributed by atoms with Crippen molar-refractivity contribution in [3.8, 4) is 0 Å². The molecule has 0 spiro atoms. The highest BCUT2D eigenvalue weighted by molar-refractivity contribution is 9.07. The number of halogens is 1. The van der Waals surface area contributed by atoms with E-state index in [2.05, 4.69) is 23.1 Å². The van der Waals surface area contributed by atoms with Gasteiger partial charge in [-0.1, -0.05) is 206 Å². The summed E-state index contributed by atoms with van der Waals surface area (Å²) in [4.78, 5) is 11.2. The molecule has 39 heavy (non-hydrogen) atoms. The molecule has 0 saturated heterocycles. The molecular weight excluding hydrogens is 546 g/mol. The number of unbranched alkanes of at least 4 members (excludes halogenated alkanes) is 31. The van der Waals surface area contributed by atoms with Crippen molar-refractivity contribution in [2.24, 2.45) is 0 Å². The van der Waals surface area contributed by atoms with Gasteiger partial charge >= 0.3 is 0 Å². The molecule has 0 atom stereocenters. The number of nitrogens with zero attached hydrogens (tertiary/aromatic N) is 1. The zero-order valence-corrected chi connectivity index (χ0v) is 28.1. The first-order valence-corrected chi connectivity index (χ1v) is 18.6. The summed E-state index contributed by atoms with van der Waals surface area (Å²) in [5.41, 5.74) is 0. The van der Waals surface area contributed by atoms with Crippen LogP contribution in [0.5, 0.6) is 0 Å². The molecule has 0 aliphatic carbocycles. The fourth-order valence-corrected chi connectivity index (χ4v) is 5.92. The molecule has 0 bridgehead atoms. The zero-order chi connectivity index (χ0) is 28.5. The minimum Gasteiger partial charge on any atom is -0.275 e. The molecule has 0 heterocycles. The van der Waals surface area contributed by atoms with E-state index in [9.17, 15) is 4.79 Å². The van der Waals surface area contributed by atoms with Gasteiger partial charge in [0.25, 0.3) is 5.91 Å². The second kappa shape index (κ2) is 34.1. The van der Waals surface area contributed by atoms with E-state index >= 15 is 0 Å². The summed E-state index contributed by atoms with van der Waals surface area (Å²) < 4.78 is 0.524. The minimum absolute atomic E-state index is 0.249. The maximum absolute atomic E-state index is 11.2. The molecule has 0 aliphatic heterocycles. The lowest BCUT2D eigenvalue weighted by atomic mass is 10.0. The van der Waals surface area contributed by atoms with E-state index in [1.165, 1.54) is 193 Å². The molecule has 0 saturated carbocycles. The molecule has 0 rings (SSSR count). The van der Waals surface area contributed by atoms with Crippen LogP contribution in [0.25, 0.3) is 0 Å². The molecule has 3 nitrogen and oxygen atoms in total. The van der Waals surface area contributed by atoms with Crippen molar-refractivity contribution >= 4 is 22.1 Å². The number of hydroxylamine groups is 1. The van der Waals surface area contributed by atoms with Crippen LogP contribution in [0.1, 0.15) is 219 Å². The van der Waals surface area contributed by atoms with Crippen molar-refractivity contribution in [3.05, 3.63) is 0 Å². The Hall–Kier alpha value is -0.0900. The van der Waals surface area contributed by atoms with Crippen molar-refractivity contribution < 1.29 is 10.0 Å². The van der Waals surface area contributed by atoms with Gasteiger partial charge in [0.2, 0.25) is 0 Å². The third kappa shape index (κ3) is 34.0. The van der Waals surface area contributed by atoms with E-state index in [0.717, 1.165) is 12.8 Å². The fraction of sp³-hybridized carbons (Fsp3) is 0.971. The fourth-order valence-electron chi connectivity index (χ4n) is 5.75. The van der Waals surface area contributed by atoms with Crippen molar-refractivity contribution in [2.75, 3.05) is 0 Å². The van der Waals surface area contributed by atoms with Gasteiger partial charge in [-0.2, -0.15) is 4.09 Å². The number of carbonyl (C=O) groups is 1. The number of amides is 1. The molecule has 4 heteroatoms. The third-order valence-corrected chi connectivity index (χ3v) is 8.85. The number of hydrogen-bond donors (Lipinski definition) is 1. The predicted octanol–water partition coefficient (Wildman–Crippen LogP) is 13.4. The Morgan fingerprint density at radius 3 is 0.769 bits per heavy atom. The third-order valence-electron chi connectivity index (χ3n) is 8.45. The van der Waals surface area contributed by atoms with Crippen LogP contribution in [0.2, 0.25) is 0 Å². The van der Waals surface area contributed by atoms with Crippen molar-refractivity contribution in [2.45, 2.75) is 219 Å². The first-order valence-electron chi connectivity index (χ1n) is 17.9. The van der Waals surface area contributed by atoms with Crippen LogP contribution in [-0.2, 0) is 4.79 Å². The second-order valence-electron chi connectivity index (χ2n) is 12.4. The summed E-state index contributed by atoms with van der Waals surface area (Å²) in [5.74, 6) is -0.249. The first kappa shape index (κ1) is 38.9. The summed E-state index contributed by atoms with van der Waals surface area (Å²) in [6.07, 6.45) is 45.4. The van der Waals surface area contributed by atoms with E-state index in [4.69, 9.17) is 5.21 Å². The Morgan fingerprint density at radius 2 is 0.590 bits per heavy atom. The van der Waals surface area contributed by atoms with Gasteiger partial charge in [-0.25, -0.2) is 0 Å². The van der Waals surface area contributed by atoms with Crippen LogP contribution in [0, 0.1) is 0 Å². The normalized spacial score (nSPS) is 11.4. The maximum atomic E-state index is 11.2. The van der Waals surface area contributed by atoms with Crippen LogP contribution in [0.4, 0.5) is 0 Å². The molecule has 0 aromatic rings. The topological polar surface area (TPSA) is 40.5 Å². The molecule has 0 radical (unpaired) electrons. The zero-order valence-electron chi connectivity index (χ0n) is 26.5. The second-order valence-corrected chi connectivity index (χ2v) is 13.0. The molecular formula is C35H70BrNO2. The average Bonchev–Trinajstić information content (AvgIpc) is 2.93. The van der Waals surface area contributed by atoms with Crippen LogP contribution < -0.4 is 0 Å². The number of hydrogen-bond acceptors (Lipinski definition) is 2.